The minimum Gasteiger partial charge on any atom is -0.310 e. The molecule has 0 saturated carbocycles. The molecule has 2 aromatic rings. The Morgan fingerprint density at radius 1 is 1.22 bits per heavy atom. The molecule has 0 amide bonds. The van der Waals surface area contributed by atoms with E-state index < -0.39 is 0 Å². The van der Waals surface area contributed by atoms with E-state index in [2.05, 4.69) is 62.3 Å². The van der Waals surface area contributed by atoms with Gasteiger partial charge in [-0.25, -0.2) is 0 Å². The summed E-state index contributed by atoms with van der Waals surface area (Å²) in [6.07, 6.45) is 3.81. The van der Waals surface area contributed by atoms with Gasteiger partial charge >= 0.3 is 0 Å². The Labute approximate surface area is 109 Å². The van der Waals surface area contributed by atoms with Crippen LogP contribution in [0.4, 0.5) is 0 Å². The molecule has 1 aromatic carbocycles. The van der Waals surface area contributed by atoms with Gasteiger partial charge in [-0.3, -0.25) is 4.98 Å². The van der Waals surface area contributed by atoms with Gasteiger partial charge in [0.2, 0.25) is 0 Å². The van der Waals surface area contributed by atoms with Gasteiger partial charge in [0.05, 0.1) is 0 Å². The molecule has 0 spiro atoms. The molecule has 0 aliphatic carbocycles. The van der Waals surface area contributed by atoms with Crippen LogP contribution in [0.25, 0.3) is 10.8 Å². The summed E-state index contributed by atoms with van der Waals surface area (Å²) in [5.41, 5.74) is 1.55. The quantitative estimate of drug-likeness (QED) is 0.882. The van der Waals surface area contributed by atoms with Gasteiger partial charge in [-0.15, -0.1) is 0 Å². The average molecular weight is 242 g/mol. The second kappa shape index (κ2) is 5.07. The Balaban J connectivity index is 2.57. The van der Waals surface area contributed by atoms with E-state index in [-0.39, 0.29) is 5.41 Å². The zero-order valence-corrected chi connectivity index (χ0v) is 11.7. The zero-order valence-electron chi connectivity index (χ0n) is 11.7. The molecule has 1 atom stereocenters. The summed E-state index contributed by atoms with van der Waals surface area (Å²) in [4.78, 5) is 4.20. The van der Waals surface area contributed by atoms with Crippen molar-refractivity contribution in [2.75, 3.05) is 6.54 Å². The molecular formula is C16H22N2. The second-order valence-corrected chi connectivity index (χ2v) is 5.80. The van der Waals surface area contributed by atoms with E-state index in [0.29, 0.717) is 6.04 Å². The molecule has 1 heterocycles. The topological polar surface area (TPSA) is 24.9 Å². The van der Waals surface area contributed by atoms with E-state index >= 15 is 0 Å². The van der Waals surface area contributed by atoms with Crippen molar-refractivity contribution >= 4 is 10.8 Å². The highest BCUT2D eigenvalue weighted by Gasteiger charge is 2.26. The normalized spacial score (nSPS) is 13.8. The summed E-state index contributed by atoms with van der Waals surface area (Å²) < 4.78 is 0. The first-order chi connectivity index (χ1) is 8.54. The third kappa shape index (κ3) is 2.54. The molecule has 0 radical (unpaired) electrons. The van der Waals surface area contributed by atoms with Crippen LogP contribution < -0.4 is 5.32 Å². The van der Waals surface area contributed by atoms with Crippen LogP contribution in [0, 0.1) is 5.41 Å². The Morgan fingerprint density at radius 3 is 2.67 bits per heavy atom. The summed E-state index contributed by atoms with van der Waals surface area (Å²) in [7, 11) is 0. The lowest BCUT2D eigenvalue weighted by molar-refractivity contribution is 0.278. The molecule has 0 bridgehead atoms. The largest absolute Gasteiger partial charge is 0.310 e. The molecule has 18 heavy (non-hydrogen) atoms. The molecule has 2 rings (SSSR count). The number of nitrogens with zero attached hydrogens (tertiary/aromatic N) is 1. The lowest BCUT2D eigenvalue weighted by Gasteiger charge is -2.32. The molecule has 0 aliphatic rings. The summed E-state index contributed by atoms with van der Waals surface area (Å²) in [6.45, 7) is 9.97. The van der Waals surface area contributed by atoms with Gasteiger partial charge in [-0.05, 0) is 29.0 Å². The minimum absolute atomic E-state index is 0.188. The van der Waals surface area contributed by atoms with Crippen molar-refractivity contribution in [2.45, 2.75) is 33.7 Å². The van der Waals surface area contributed by atoms with Gasteiger partial charge in [0, 0.05) is 23.8 Å². The highest BCUT2D eigenvalue weighted by Crippen LogP contribution is 2.35. The number of hydrogen-bond donors (Lipinski definition) is 1. The van der Waals surface area contributed by atoms with Crippen LogP contribution in [0.5, 0.6) is 0 Å². The number of rotatable bonds is 3. The third-order valence-electron chi connectivity index (χ3n) is 3.30. The summed E-state index contributed by atoms with van der Waals surface area (Å²) in [6, 6.07) is 8.93. The van der Waals surface area contributed by atoms with Crippen LogP contribution in [0.1, 0.15) is 39.3 Å². The van der Waals surface area contributed by atoms with Crippen molar-refractivity contribution in [3.05, 3.63) is 42.2 Å². The lowest BCUT2D eigenvalue weighted by Crippen LogP contribution is -2.32. The fraction of sp³-hybridized carbons (Fsp3) is 0.438. The Hall–Kier alpha value is -1.41. The standard InChI is InChI=1S/C16H22N2/c1-5-18-15(16(2,3)4)14-8-6-7-12-11-17-10-9-13(12)14/h6-11,15,18H,5H2,1-4H3. The van der Waals surface area contributed by atoms with Crippen molar-refractivity contribution in [1.82, 2.24) is 10.3 Å². The maximum absolute atomic E-state index is 4.20. The predicted octanol–water partition coefficient (Wildman–Crippen LogP) is 3.93. The van der Waals surface area contributed by atoms with Crippen molar-refractivity contribution < 1.29 is 0 Å². The first-order valence-corrected chi connectivity index (χ1v) is 6.60. The molecule has 2 heteroatoms. The fourth-order valence-corrected chi connectivity index (χ4v) is 2.49. The van der Waals surface area contributed by atoms with Crippen LogP contribution in [0.15, 0.2) is 36.7 Å². The van der Waals surface area contributed by atoms with E-state index in [0.717, 1.165) is 6.54 Å². The lowest BCUT2D eigenvalue weighted by atomic mass is 9.81. The maximum Gasteiger partial charge on any atom is 0.0375 e. The molecule has 2 nitrogen and oxygen atoms in total. The van der Waals surface area contributed by atoms with Gasteiger partial charge in [-0.2, -0.15) is 0 Å². The predicted molar refractivity (Wildman–Crippen MR) is 77.6 cm³/mol. The van der Waals surface area contributed by atoms with Gasteiger partial charge in [0.1, 0.15) is 0 Å². The number of fused-ring (bicyclic) bond motifs is 1. The SMILES string of the molecule is CCNC(c1cccc2cnccc12)C(C)(C)C. The molecule has 1 aromatic heterocycles. The number of pyridine rings is 1. The highest BCUT2D eigenvalue weighted by atomic mass is 14.9. The van der Waals surface area contributed by atoms with Crippen molar-refractivity contribution in [3.63, 3.8) is 0 Å². The molecule has 0 fully saturated rings. The second-order valence-electron chi connectivity index (χ2n) is 5.80. The maximum atomic E-state index is 4.20. The van der Waals surface area contributed by atoms with Crippen molar-refractivity contribution in [2.24, 2.45) is 5.41 Å². The number of aromatic nitrogens is 1. The minimum atomic E-state index is 0.188. The van der Waals surface area contributed by atoms with E-state index in [4.69, 9.17) is 0 Å². The molecule has 0 aliphatic heterocycles. The van der Waals surface area contributed by atoms with E-state index in [9.17, 15) is 0 Å². The van der Waals surface area contributed by atoms with Gasteiger partial charge in [-0.1, -0.05) is 45.9 Å². The molecule has 96 valence electrons. The summed E-state index contributed by atoms with van der Waals surface area (Å²) in [5.74, 6) is 0. The van der Waals surface area contributed by atoms with E-state index in [1.807, 2.05) is 12.4 Å². The first kappa shape index (κ1) is 13.0. The monoisotopic (exact) mass is 242 g/mol. The highest BCUT2D eigenvalue weighted by molar-refractivity contribution is 5.85. The number of nitrogens with one attached hydrogen (secondary N) is 1. The molecule has 0 saturated heterocycles. The average Bonchev–Trinajstić information content (AvgIpc) is 2.34. The van der Waals surface area contributed by atoms with Crippen LogP contribution in [-0.4, -0.2) is 11.5 Å². The number of benzene rings is 1. The summed E-state index contributed by atoms with van der Waals surface area (Å²) in [5, 5.41) is 6.12. The first-order valence-electron chi connectivity index (χ1n) is 6.60. The van der Waals surface area contributed by atoms with Crippen LogP contribution in [-0.2, 0) is 0 Å². The third-order valence-corrected chi connectivity index (χ3v) is 3.30. The Kier molecular flexibility index (Phi) is 3.67. The smallest absolute Gasteiger partial charge is 0.0375 e. The van der Waals surface area contributed by atoms with Crippen molar-refractivity contribution in [1.29, 1.82) is 0 Å². The van der Waals surface area contributed by atoms with Crippen molar-refractivity contribution in [3.8, 4) is 0 Å². The zero-order chi connectivity index (χ0) is 13.2. The van der Waals surface area contributed by atoms with Crippen LogP contribution >= 0.6 is 0 Å². The van der Waals surface area contributed by atoms with E-state index in [1.165, 1.54) is 16.3 Å². The summed E-state index contributed by atoms with van der Waals surface area (Å²) >= 11 is 0. The fourth-order valence-electron chi connectivity index (χ4n) is 2.49. The Morgan fingerprint density at radius 2 is 2.00 bits per heavy atom. The van der Waals surface area contributed by atoms with E-state index in [1.54, 1.807) is 0 Å². The van der Waals surface area contributed by atoms with Gasteiger partial charge < -0.3 is 5.32 Å². The molecular weight excluding hydrogens is 220 g/mol. The molecule has 1 unspecified atom stereocenters. The Bertz CT molecular complexity index is 521. The van der Waals surface area contributed by atoms with Gasteiger partial charge in [0.15, 0.2) is 0 Å². The van der Waals surface area contributed by atoms with Crippen LogP contribution in [0.2, 0.25) is 0 Å². The molecule has 1 N–H and O–H groups in total. The van der Waals surface area contributed by atoms with Crippen LogP contribution in [0.3, 0.4) is 0 Å². The number of hydrogen-bond acceptors (Lipinski definition) is 2. The van der Waals surface area contributed by atoms with Gasteiger partial charge in [0.25, 0.3) is 0 Å².